The Hall–Kier alpha value is -3.35. The molecule has 7 heteroatoms. The molecule has 0 unspecified atom stereocenters. The van der Waals surface area contributed by atoms with Gasteiger partial charge >= 0.3 is 12.1 Å². The molecule has 0 heterocycles. The molecule has 0 saturated carbocycles. The fraction of sp³-hybridized carbons (Fsp3) is 0.423. The molecule has 0 saturated heterocycles. The Labute approximate surface area is 195 Å². The standard InChI is InChI=1S/C26H34N2O5/c1-26(2,3)33-25(31)28-21-17-16-20(19-12-8-7-9-13-19)18-22(21)27-23(29)14-10-5-6-11-15-24(30)32-4/h7-9,12-13,16-18H,5-6,10-11,14-15H2,1-4H3,(H,27,29)(H,28,31). The van der Waals surface area contributed by atoms with Crippen LogP contribution in [0.5, 0.6) is 0 Å². The molecule has 33 heavy (non-hydrogen) atoms. The molecule has 2 rings (SSSR count). The first-order chi connectivity index (χ1) is 15.7. The lowest BCUT2D eigenvalue weighted by molar-refractivity contribution is -0.140. The van der Waals surface area contributed by atoms with Crippen LogP contribution in [0.4, 0.5) is 16.2 Å². The molecule has 0 fully saturated rings. The highest BCUT2D eigenvalue weighted by molar-refractivity contribution is 5.99. The third-order valence-electron chi connectivity index (χ3n) is 4.80. The van der Waals surface area contributed by atoms with Crippen LogP contribution in [0.3, 0.4) is 0 Å². The lowest BCUT2D eigenvalue weighted by atomic mass is 10.0. The molecule has 7 nitrogen and oxygen atoms in total. The zero-order chi connectivity index (χ0) is 24.3. The monoisotopic (exact) mass is 454 g/mol. The first-order valence-corrected chi connectivity index (χ1v) is 11.2. The summed E-state index contributed by atoms with van der Waals surface area (Å²) >= 11 is 0. The van der Waals surface area contributed by atoms with Gasteiger partial charge in [0.05, 0.1) is 18.5 Å². The van der Waals surface area contributed by atoms with Crippen LogP contribution in [0.2, 0.25) is 0 Å². The summed E-state index contributed by atoms with van der Waals surface area (Å²) < 4.78 is 9.97. The average molecular weight is 455 g/mol. The highest BCUT2D eigenvalue weighted by Gasteiger charge is 2.18. The van der Waals surface area contributed by atoms with Crippen molar-refractivity contribution in [1.29, 1.82) is 0 Å². The minimum atomic E-state index is -0.634. The minimum Gasteiger partial charge on any atom is -0.469 e. The second kappa shape index (κ2) is 12.6. The van der Waals surface area contributed by atoms with Gasteiger partial charge in [-0.05, 0) is 56.9 Å². The Kier molecular flexibility index (Phi) is 9.91. The predicted octanol–water partition coefficient (Wildman–Crippen LogP) is 6.15. The molecule has 0 atom stereocenters. The number of anilines is 2. The molecular formula is C26H34N2O5. The van der Waals surface area contributed by atoms with E-state index in [9.17, 15) is 14.4 Å². The van der Waals surface area contributed by atoms with Crippen LogP contribution in [0.15, 0.2) is 48.5 Å². The van der Waals surface area contributed by atoms with Crippen molar-refractivity contribution in [3.05, 3.63) is 48.5 Å². The highest BCUT2D eigenvalue weighted by atomic mass is 16.6. The van der Waals surface area contributed by atoms with Crippen molar-refractivity contribution in [2.45, 2.75) is 64.9 Å². The van der Waals surface area contributed by atoms with Crippen LogP contribution >= 0.6 is 0 Å². The Morgan fingerprint density at radius 2 is 1.45 bits per heavy atom. The van der Waals surface area contributed by atoms with Crippen molar-refractivity contribution in [3.63, 3.8) is 0 Å². The van der Waals surface area contributed by atoms with Gasteiger partial charge in [0.2, 0.25) is 5.91 Å². The summed E-state index contributed by atoms with van der Waals surface area (Å²) in [5.41, 5.74) is 2.27. The number of nitrogens with one attached hydrogen (secondary N) is 2. The normalized spacial score (nSPS) is 10.9. The van der Waals surface area contributed by atoms with Gasteiger partial charge in [0.1, 0.15) is 5.60 Å². The summed E-state index contributed by atoms with van der Waals surface area (Å²) in [7, 11) is 1.38. The van der Waals surface area contributed by atoms with Gasteiger partial charge in [-0.15, -0.1) is 0 Å². The van der Waals surface area contributed by atoms with E-state index in [0.717, 1.165) is 30.4 Å². The first-order valence-electron chi connectivity index (χ1n) is 11.2. The van der Waals surface area contributed by atoms with E-state index < -0.39 is 11.7 Å². The summed E-state index contributed by atoms with van der Waals surface area (Å²) in [6.45, 7) is 5.37. The molecular weight excluding hydrogens is 420 g/mol. The number of methoxy groups -OCH3 is 1. The molecule has 2 aromatic rings. The minimum absolute atomic E-state index is 0.139. The smallest absolute Gasteiger partial charge is 0.412 e. The molecule has 0 aliphatic carbocycles. The molecule has 0 aliphatic rings. The predicted molar refractivity (Wildman–Crippen MR) is 130 cm³/mol. The van der Waals surface area contributed by atoms with Crippen molar-refractivity contribution < 1.29 is 23.9 Å². The van der Waals surface area contributed by atoms with E-state index in [0.29, 0.717) is 30.6 Å². The SMILES string of the molecule is COC(=O)CCCCCCC(=O)Nc1cc(-c2ccccc2)ccc1NC(=O)OC(C)(C)C. The second-order valence-electron chi connectivity index (χ2n) is 8.79. The van der Waals surface area contributed by atoms with Gasteiger partial charge in [-0.1, -0.05) is 49.2 Å². The van der Waals surface area contributed by atoms with Gasteiger partial charge in [0.15, 0.2) is 0 Å². The Morgan fingerprint density at radius 1 is 0.788 bits per heavy atom. The third-order valence-corrected chi connectivity index (χ3v) is 4.80. The number of hydrogen-bond donors (Lipinski definition) is 2. The number of hydrogen-bond acceptors (Lipinski definition) is 5. The molecule has 178 valence electrons. The van der Waals surface area contributed by atoms with E-state index >= 15 is 0 Å². The number of unbranched alkanes of at least 4 members (excludes halogenated alkanes) is 3. The number of carbonyl (C=O) groups is 3. The van der Waals surface area contributed by atoms with Gasteiger partial charge in [-0.25, -0.2) is 4.79 Å². The van der Waals surface area contributed by atoms with Crippen LogP contribution in [0.25, 0.3) is 11.1 Å². The summed E-state index contributed by atoms with van der Waals surface area (Å²) in [4.78, 5) is 36.0. The van der Waals surface area contributed by atoms with Crippen molar-refractivity contribution in [2.24, 2.45) is 0 Å². The molecule has 0 aliphatic heterocycles. The molecule has 0 radical (unpaired) electrons. The van der Waals surface area contributed by atoms with E-state index in [1.165, 1.54) is 7.11 Å². The summed E-state index contributed by atoms with van der Waals surface area (Å²) in [6.07, 6.45) is 3.32. The van der Waals surface area contributed by atoms with Crippen molar-refractivity contribution in [2.75, 3.05) is 17.7 Å². The van der Waals surface area contributed by atoms with E-state index in [2.05, 4.69) is 15.4 Å². The number of esters is 1. The van der Waals surface area contributed by atoms with Crippen molar-refractivity contribution in [3.8, 4) is 11.1 Å². The first kappa shape index (κ1) is 25.9. The zero-order valence-corrected chi connectivity index (χ0v) is 19.9. The molecule has 0 aromatic heterocycles. The molecule has 2 amide bonds. The number of carbonyl (C=O) groups excluding carboxylic acids is 3. The van der Waals surface area contributed by atoms with Gasteiger partial charge < -0.3 is 14.8 Å². The zero-order valence-electron chi connectivity index (χ0n) is 19.9. The maximum Gasteiger partial charge on any atom is 0.412 e. The van der Waals surface area contributed by atoms with E-state index in [-0.39, 0.29) is 11.9 Å². The van der Waals surface area contributed by atoms with Gasteiger partial charge in [0.25, 0.3) is 0 Å². The summed E-state index contributed by atoms with van der Waals surface area (Å²) in [5, 5.41) is 5.66. The van der Waals surface area contributed by atoms with Gasteiger partial charge in [-0.2, -0.15) is 0 Å². The number of rotatable bonds is 10. The topological polar surface area (TPSA) is 93.7 Å². The highest BCUT2D eigenvalue weighted by Crippen LogP contribution is 2.30. The summed E-state index contributed by atoms with van der Waals surface area (Å²) in [5.74, 6) is -0.350. The maximum absolute atomic E-state index is 12.6. The fourth-order valence-corrected chi connectivity index (χ4v) is 3.20. The van der Waals surface area contributed by atoms with Crippen LogP contribution in [0, 0.1) is 0 Å². The van der Waals surface area contributed by atoms with Crippen LogP contribution < -0.4 is 10.6 Å². The Morgan fingerprint density at radius 3 is 2.09 bits per heavy atom. The van der Waals surface area contributed by atoms with Gasteiger partial charge in [0, 0.05) is 12.8 Å². The molecule has 2 N–H and O–H groups in total. The molecule has 2 aromatic carbocycles. The molecule has 0 spiro atoms. The Bertz CT molecular complexity index is 935. The average Bonchev–Trinajstić information content (AvgIpc) is 2.76. The Balaban J connectivity index is 2.03. The maximum atomic E-state index is 12.6. The third kappa shape index (κ3) is 9.76. The van der Waals surface area contributed by atoms with Crippen LogP contribution in [-0.4, -0.2) is 30.7 Å². The lowest BCUT2D eigenvalue weighted by Crippen LogP contribution is -2.27. The quantitative estimate of drug-likeness (QED) is 0.332. The van der Waals surface area contributed by atoms with Crippen molar-refractivity contribution >= 4 is 29.3 Å². The second-order valence-corrected chi connectivity index (χ2v) is 8.79. The summed E-state index contributed by atoms with van der Waals surface area (Å²) in [6, 6.07) is 15.3. The number of ether oxygens (including phenoxy) is 2. The van der Waals surface area contributed by atoms with E-state index in [4.69, 9.17) is 4.74 Å². The number of benzene rings is 2. The van der Waals surface area contributed by atoms with Crippen LogP contribution in [-0.2, 0) is 19.1 Å². The fourth-order valence-electron chi connectivity index (χ4n) is 3.20. The molecule has 0 bridgehead atoms. The van der Waals surface area contributed by atoms with E-state index in [1.54, 1.807) is 26.8 Å². The van der Waals surface area contributed by atoms with Gasteiger partial charge in [-0.3, -0.25) is 14.9 Å². The lowest BCUT2D eigenvalue weighted by Gasteiger charge is -2.21. The van der Waals surface area contributed by atoms with Crippen LogP contribution in [0.1, 0.15) is 59.3 Å². The van der Waals surface area contributed by atoms with Crippen molar-refractivity contribution in [1.82, 2.24) is 0 Å². The largest absolute Gasteiger partial charge is 0.469 e. The number of amides is 2. The van der Waals surface area contributed by atoms with E-state index in [1.807, 2.05) is 42.5 Å².